The van der Waals surface area contributed by atoms with E-state index in [1.165, 1.54) is 38.5 Å². The first-order valence-corrected chi connectivity index (χ1v) is 14.0. The number of hydrogen-bond acceptors (Lipinski definition) is 3. The Hall–Kier alpha value is -3.10. The lowest BCUT2D eigenvalue weighted by molar-refractivity contribution is -0.0401. The van der Waals surface area contributed by atoms with E-state index in [4.69, 9.17) is 16.7 Å². The maximum absolute atomic E-state index is 13.3. The van der Waals surface area contributed by atoms with Gasteiger partial charge >= 0.3 is 0 Å². The summed E-state index contributed by atoms with van der Waals surface area (Å²) < 4.78 is 1.79. The van der Waals surface area contributed by atoms with Crippen LogP contribution in [0.25, 0.3) is 16.9 Å². The van der Waals surface area contributed by atoms with Gasteiger partial charge in [-0.1, -0.05) is 23.7 Å². The molecule has 1 aromatic heterocycles. The van der Waals surface area contributed by atoms with E-state index in [1.807, 2.05) is 43.3 Å². The van der Waals surface area contributed by atoms with E-state index in [0.717, 1.165) is 58.5 Å². The summed E-state index contributed by atoms with van der Waals surface area (Å²) in [5, 5.41) is 17.7. The van der Waals surface area contributed by atoms with Crippen molar-refractivity contribution in [2.45, 2.75) is 51.9 Å². The number of nitriles is 1. The van der Waals surface area contributed by atoms with E-state index in [0.29, 0.717) is 22.8 Å². The van der Waals surface area contributed by atoms with Crippen molar-refractivity contribution in [1.29, 1.82) is 5.26 Å². The topological polar surface area (TPSA) is 70.7 Å². The van der Waals surface area contributed by atoms with Gasteiger partial charge in [-0.25, -0.2) is 4.68 Å². The summed E-state index contributed by atoms with van der Waals surface area (Å²) in [4.78, 5) is 13.3. The normalized spacial score (nSPS) is 25.7. The number of hydrogen-bond donors (Lipinski definition) is 1. The summed E-state index contributed by atoms with van der Waals surface area (Å²) in [6, 6.07) is 17.0. The highest BCUT2D eigenvalue weighted by atomic mass is 35.5. The summed E-state index contributed by atoms with van der Waals surface area (Å²) in [6.07, 6.45) is 9.53. The number of aromatic nitrogens is 2. The van der Waals surface area contributed by atoms with Crippen molar-refractivity contribution in [3.05, 3.63) is 70.4 Å². The molecule has 6 heteroatoms. The molecule has 1 amide bonds. The molecule has 4 fully saturated rings. The van der Waals surface area contributed by atoms with Gasteiger partial charge in [0.2, 0.25) is 0 Å². The molecule has 0 saturated heterocycles. The van der Waals surface area contributed by atoms with Crippen molar-refractivity contribution in [3.63, 3.8) is 0 Å². The standard InChI is InChI=1S/C31H33ClN4O/c1-19-29(31(37)34-12-2-3-28-24-14-21-13-22(16-24)17-25(28)15-21)35-36(27-10-4-20(18-33)5-11-27)30(19)23-6-8-26(32)9-7-23/h4-11,21-22,24-25,28H,2-3,12-17H2,1H3,(H,34,37). The Bertz CT molecular complexity index is 1310. The number of nitrogens with zero attached hydrogens (tertiary/aromatic N) is 3. The monoisotopic (exact) mass is 512 g/mol. The zero-order valence-electron chi connectivity index (χ0n) is 21.3. The Morgan fingerprint density at radius 1 is 1.03 bits per heavy atom. The number of benzene rings is 2. The minimum atomic E-state index is -0.134. The van der Waals surface area contributed by atoms with Crippen molar-refractivity contribution < 1.29 is 4.79 Å². The molecule has 2 aromatic carbocycles. The van der Waals surface area contributed by atoms with Crippen LogP contribution in [0.1, 0.15) is 66.6 Å². The maximum Gasteiger partial charge on any atom is 0.272 e. The van der Waals surface area contributed by atoms with Gasteiger partial charge in [0.15, 0.2) is 5.69 Å². The minimum Gasteiger partial charge on any atom is -0.351 e. The zero-order chi connectivity index (χ0) is 25.5. The first-order valence-electron chi connectivity index (χ1n) is 13.6. The average molecular weight is 513 g/mol. The van der Waals surface area contributed by atoms with Gasteiger partial charge in [0.05, 0.1) is 23.0 Å². The predicted molar refractivity (Wildman–Crippen MR) is 146 cm³/mol. The lowest BCUT2D eigenvalue weighted by Gasteiger charge is -2.54. The molecular weight excluding hydrogens is 480 g/mol. The van der Waals surface area contributed by atoms with E-state index < -0.39 is 0 Å². The smallest absolute Gasteiger partial charge is 0.272 e. The van der Waals surface area contributed by atoms with Gasteiger partial charge in [-0.05, 0) is 118 Å². The molecule has 4 saturated carbocycles. The van der Waals surface area contributed by atoms with Crippen LogP contribution >= 0.6 is 11.6 Å². The van der Waals surface area contributed by atoms with E-state index in [-0.39, 0.29) is 5.91 Å². The lowest BCUT2D eigenvalue weighted by atomic mass is 9.51. The molecule has 0 atom stereocenters. The summed E-state index contributed by atoms with van der Waals surface area (Å²) >= 11 is 6.13. The molecule has 0 aliphatic heterocycles. The maximum atomic E-state index is 13.3. The van der Waals surface area contributed by atoms with Crippen LogP contribution in [0.3, 0.4) is 0 Å². The first-order chi connectivity index (χ1) is 18.0. The van der Waals surface area contributed by atoms with Crippen LogP contribution in [0.2, 0.25) is 5.02 Å². The average Bonchev–Trinajstić information content (AvgIpc) is 3.25. The Morgan fingerprint density at radius 3 is 2.30 bits per heavy atom. The second kappa shape index (κ2) is 9.99. The van der Waals surface area contributed by atoms with E-state index in [1.54, 1.807) is 16.8 Å². The van der Waals surface area contributed by atoms with Crippen LogP contribution in [0.4, 0.5) is 0 Å². The van der Waals surface area contributed by atoms with Crippen molar-refractivity contribution in [2.75, 3.05) is 6.54 Å². The van der Waals surface area contributed by atoms with Crippen molar-refractivity contribution in [2.24, 2.45) is 29.6 Å². The third kappa shape index (κ3) is 4.68. The molecular formula is C31H33ClN4O. The molecule has 5 nitrogen and oxygen atoms in total. The van der Waals surface area contributed by atoms with Gasteiger partial charge in [-0.2, -0.15) is 10.4 Å². The van der Waals surface area contributed by atoms with E-state index in [2.05, 4.69) is 11.4 Å². The quantitative estimate of drug-likeness (QED) is 0.348. The molecule has 4 aliphatic rings. The summed E-state index contributed by atoms with van der Waals surface area (Å²) in [5.74, 6) is 4.59. The molecule has 7 rings (SSSR count). The van der Waals surface area contributed by atoms with Crippen LogP contribution in [0.5, 0.6) is 0 Å². The second-order valence-corrected chi connectivity index (χ2v) is 11.8. The fourth-order valence-electron chi connectivity index (χ4n) is 7.65. The Kier molecular flexibility index (Phi) is 6.55. The number of nitrogens with one attached hydrogen (secondary N) is 1. The molecule has 0 unspecified atom stereocenters. The molecule has 190 valence electrons. The molecule has 1 heterocycles. The second-order valence-electron chi connectivity index (χ2n) is 11.4. The molecule has 4 aliphatic carbocycles. The third-order valence-corrected chi connectivity index (χ3v) is 9.37. The molecule has 37 heavy (non-hydrogen) atoms. The van der Waals surface area contributed by atoms with Crippen LogP contribution < -0.4 is 5.32 Å². The number of halogens is 1. The van der Waals surface area contributed by atoms with Crippen LogP contribution in [0.15, 0.2) is 48.5 Å². The molecule has 1 N–H and O–H groups in total. The number of rotatable bonds is 7. The van der Waals surface area contributed by atoms with Gasteiger partial charge in [0.1, 0.15) is 0 Å². The number of carbonyl (C=O) groups is 1. The van der Waals surface area contributed by atoms with Gasteiger partial charge in [-0.3, -0.25) is 4.79 Å². The third-order valence-electron chi connectivity index (χ3n) is 9.12. The Balaban J connectivity index is 1.18. The molecule has 0 radical (unpaired) electrons. The van der Waals surface area contributed by atoms with Crippen molar-refractivity contribution >= 4 is 17.5 Å². The fourth-order valence-corrected chi connectivity index (χ4v) is 7.78. The van der Waals surface area contributed by atoms with Gasteiger partial charge in [0.25, 0.3) is 5.91 Å². The van der Waals surface area contributed by atoms with Crippen LogP contribution in [-0.2, 0) is 0 Å². The Labute approximate surface area is 223 Å². The summed E-state index contributed by atoms with van der Waals surface area (Å²) in [5.41, 5.74) is 4.42. The lowest BCUT2D eigenvalue weighted by Crippen LogP contribution is -2.45. The van der Waals surface area contributed by atoms with Gasteiger partial charge in [-0.15, -0.1) is 0 Å². The van der Waals surface area contributed by atoms with Crippen LogP contribution in [0, 0.1) is 47.8 Å². The Morgan fingerprint density at radius 2 is 1.68 bits per heavy atom. The number of carbonyl (C=O) groups excluding carboxylic acids is 1. The predicted octanol–water partition coefficient (Wildman–Crippen LogP) is 6.96. The van der Waals surface area contributed by atoms with Gasteiger partial charge < -0.3 is 5.32 Å². The highest BCUT2D eigenvalue weighted by Gasteiger charge is 2.47. The molecule has 4 bridgehead atoms. The van der Waals surface area contributed by atoms with Gasteiger partial charge in [0, 0.05) is 22.7 Å². The van der Waals surface area contributed by atoms with E-state index >= 15 is 0 Å². The number of amides is 1. The highest BCUT2D eigenvalue weighted by Crippen LogP contribution is 2.57. The molecule has 0 spiro atoms. The van der Waals surface area contributed by atoms with E-state index in [9.17, 15) is 10.1 Å². The minimum absolute atomic E-state index is 0.134. The fraction of sp³-hybridized carbons (Fsp3) is 0.452. The summed E-state index contributed by atoms with van der Waals surface area (Å²) in [7, 11) is 0. The summed E-state index contributed by atoms with van der Waals surface area (Å²) in [6.45, 7) is 2.63. The zero-order valence-corrected chi connectivity index (χ0v) is 22.0. The first kappa shape index (κ1) is 24.2. The molecule has 3 aromatic rings. The largest absolute Gasteiger partial charge is 0.351 e. The highest BCUT2D eigenvalue weighted by molar-refractivity contribution is 6.30. The van der Waals surface area contributed by atoms with Crippen molar-refractivity contribution in [1.82, 2.24) is 15.1 Å². The van der Waals surface area contributed by atoms with Crippen LogP contribution in [-0.4, -0.2) is 22.2 Å². The SMILES string of the molecule is Cc1c(C(=O)NCCCC2C3CC4CC(C3)CC2C4)nn(-c2ccc(C#N)cc2)c1-c1ccc(Cl)cc1. The van der Waals surface area contributed by atoms with Crippen molar-refractivity contribution in [3.8, 4) is 23.0 Å².